The van der Waals surface area contributed by atoms with E-state index in [1.165, 1.54) is 4.90 Å². The summed E-state index contributed by atoms with van der Waals surface area (Å²) in [4.78, 5) is 28.2. The number of Topliss-reactive ketones (excluding diaryl/α,β-unsaturated/α-hetero) is 1. The number of fused-ring (bicyclic) bond motifs is 1. The Kier molecular flexibility index (Phi) is 6.01. The number of nitrogens with zero attached hydrogens (tertiary/aromatic N) is 1. The average molecular weight is 484 g/mol. The summed E-state index contributed by atoms with van der Waals surface area (Å²) in [6.07, 6.45) is 0. The molecule has 0 spiro atoms. The lowest BCUT2D eigenvalue weighted by molar-refractivity contribution is -0.132. The van der Waals surface area contributed by atoms with Gasteiger partial charge in [-0.15, -0.1) is 0 Å². The number of rotatable bonds is 5. The van der Waals surface area contributed by atoms with Crippen molar-refractivity contribution in [2.24, 2.45) is 0 Å². The lowest BCUT2D eigenvalue weighted by Gasteiger charge is -2.26. The second-order valence-corrected chi connectivity index (χ2v) is 8.61. The fraction of sp³-hybridized carbons (Fsp3) is 0.103. The molecule has 6 heteroatoms. The highest BCUT2D eigenvalue weighted by atomic mass is 35.5. The Labute approximate surface area is 207 Å². The number of ketones is 1. The Morgan fingerprint density at radius 2 is 1.60 bits per heavy atom. The van der Waals surface area contributed by atoms with Gasteiger partial charge in [-0.1, -0.05) is 54.1 Å². The van der Waals surface area contributed by atoms with Crippen molar-refractivity contribution in [1.29, 1.82) is 0 Å². The van der Waals surface area contributed by atoms with Crippen LogP contribution in [0.4, 0.5) is 5.69 Å². The second kappa shape index (κ2) is 9.28. The minimum Gasteiger partial charge on any atom is -0.507 e. The minimum absolute atomic E-state index is 0.0328. The van der Waals surface area contributed by atoms with E-state index in [1.54, 1.807) is 48.5 Å². The molecule has 1 unspecified atom stereocenters. The van der Waals surface area contributed by atoms with E-state index in [0.29, 0.717) is 28.6 Å². The Hall–Kier alpha value is -4.09. The van der Waals surface area contributed by atoms with Gasteiger partial charge in [0.2, 0.25) is 0 Å². The standard InChI is InChI=1S/C29H22ClNO4/c1-2-35-22-16-10-19(11-17-22)27(32)25-26(24-9-5-7-18-6-3-4-8-23(18)24)31(29(34)28(25)33)21-14-12-20(30)13-15-21/h3-17,26,32H,2H2,1H3/b27-25-. The van der Waals surface area contributed by atoms with E-state index in [0.717, 1.165) is 16.3 Å². The maximum Gasteiger partial charge on any atom is 0.300 e. The van der Waals surface area contributed by atoms with Crippen LogP contribution < -0.4 is 9.64 Å². The van der Waals surface area contributed by atoms with Crippen molar-refractivity contribution in [3.05, 3.63) is 113 Å². The molecule has 0 aromatic heterocycles. The quantitative estimate of drug-likeness (QED) is 0.199. The molecule has 35 heavy (non-hydrogen) atoms. The number of carbonyl (C=O) groups is 2. The third kappa shape index (κ3) is 4.04. The number of hydrogen-bond donors (Lipinski definition) is 1. The summed E-state index contributed by atoms with van der Waals surface area (Å²) in [5.41, 5.74) is 1.71. The molecule has 4 aromatic carbocycles. The van der Waals surface area contributed by atoms with E-state index in [1.807, 2.05) is 49.4 Å². The summed E-state index contributed by atoms with van der Waals surface area (Å²) in [6.45, 7) is 2.40. The molecule has 0 aliphatic carbocycles. The molecular formula is C29H22ClNO4. The lowest BCUT2D eigenvalue weighted by atomic mass is 9.91. The number of hydrogen-bond acceptors (Lipinski definition) is 4. The maximum atomic E-state index is 13.4. The molecule has 0 bridgehead atoms. The van der Waals surface area contributed by atoms with Gasteiger partial charge in [-0.2, -0.15) is 0 Å². The Morgan fingerprint density at radius 3 is 2.31 bits per heavy atom. The first-order chi connectivity index (χ1) is 17.0. The molecule has 1 amide bonds. The summed E-state index contributed by atoms with van der Waals surface area (Å²) in [7, 11) is 0. The highest BCUT2D eigenvalue weighted by Gasteiger charge is 2.47. The Bertz CT molecular complexity index is 1450. The van der Waals surface area contributed by atoms with Gasteiger partial charge >= 0.3 is 0 Å². The van der Waals surface area contributed by atoms with Gasteiger partial charge in [0.1, 0.15) is 11.5 Å². The van der Waals surface area contributed by atoms with Gasteiger partial charge in [-0.3, -0.25) is 14.5 Å². The van der Waals surface area contributed by atoms with Crippen molar-refractivity contribution in [1.82, 2.24) is 0 Å². The first kappa shape index (κ1) is 22.7. The summed E-state index contributed by atoms with van der Waals surface area (Å²) in [5, 5.41) is 13.7. The number of aliphatic hydroxyl groups excluding tert-OH is 1. The minimum atomic E-state index is -0.825. The van der Waals surface area contributed by atoms with Gasteiger partial charge in [0.15, 0.2) is 0 Å². The van der Waals surface area contributed by atoms with Gasteiger partial charge in [-0.25, -0.2) is 0 Å². The number of aliphatic hydroxyl groups is 1. The number of benzene rings is 4. The predicted octanol–water partition coefficient (Wildman–Crippen LogP) is 6.52. The topological polar surface area (TPSA) is 66.8 Å². The molecule has 0 saturated carbocycles. The van der Waals surface area contributed by atoms with Crippen molar-refractivity contribution in [3.63, 3.8) is 0 Å². The van der Waals surface area contributed by atoms with Crippen LogP contribution >= 0.6 is 11.6 Å². The predicted molar refractivity (Wildman–Crippen MR) is 138 cm³/mol. The van der Waals surface area contributed by atoms with Crippen LogP contribution in [0, 0.1) is 0 Å². The van der Waals surface area contributed by atoms with Crippen molar-refractivity contribution in [2.75, 3.05) is 11.5 Å². The van der Waals surface area contributed by atoms with Crippen LogP contribution in [-0.4, -0.2) is 23.4 Å². The van der Waals surface area contributed by atoms with Crippen LogP contribution in [0.15, 0.2) is 96.6 Å². The van der Waals surface area contributed by atoms with Crippen molar-refractivity contribution >= 4 is 45.5 Å². The third-order valence-corrected chi connectivity index (χ3v) is 6.36. The molecular weight excluding hydrogens is 462 g/mol. The normalized spacial score (nSPS) is 17.2. The highest BCUT2D eigenvalue weighted by molar-refractivity contribution is 6.52. The Morgan fingerprint density at radius 1 is 0.914 bits per heavy atom. The SMILES string of the molecule is CCOc1ccc(/C(O)=C2/C(=O)C(=O)N(c3ccc(Cl)cc3)C2c2cccc3ccccc23)cc1. The van der Waals surface area contributed by atoms with Crippen LogP contribution in [0.1, 0.15) is 24.1 Å². The second-order valence-electron chi connectivity index (χ2n) is 8.17. The van der Waals surface area contributed by atoms with Crippen molar-refractivity contribution < 1.29 is 19.4 Å². The first-order valence-corrected chi connectivity index (χ1v) is 11.6. The zero-order valence-corrected chi connectivity index (χ0v) is 19.7. The van der Waals surface area contributed by atoms with Gasteiger partial charge in [0.05, 0.1) is 18.2 Å². The average Bonchev–Trinajstić information content (AvgIpc) is 3.14. The number of anilines is 1. The third-order valence-electron chi connectivity index (χ3n) is 6.11. The molecule has 174 valence electrons. The van der Waals surface area contributed by atoms with Crippen molar-refractivity contribution in [2.45, 2.75) is 13.0 Å². The summed E-state index contributed by atoms with van der Waals surface area (Å²) in [6, 6.07) is 26.2. The molecule has 1 aliphatic heterocycles. The van der Waals surface area contributed by atoms with Crippen molar-refractivity contribution in [3.8, 4) is 5.75 Å². The zero-order valence-electron chi connectivity index (χ0n) is 18.9. The summed E-state index contributed by atoms with van der Waals surface area (Å²) in [5.74, 6) is -1.04. The number of halogens is 1. The number of carbonyl (C=O) groups excluding carboxylic acids is 2. The fourth-order valence-corrected chi connectivity index (χ4v) is 4.64. The molecule has 1 heterocycles. The van der Waals surface area contributed by atoms with Gasteiger partial charge in [-0.05, 0) is 71.8 Å². The molecule has 5 nitrogen and oxygen atoms in total. The maximum absolute atomic E-state index is 13.4. The molecule has 1 N–H and O–H groups in total. The largest absolute Gasteiger partial charge is 0.507 e. The van der Waals surface area contributed by atoms with Gasteiger partial charge in [0, 0.05) is 16.3 Å². The van der Waals surface area contributed by atoms with Crippen LogP contribution in [-0.2, 0) is 9.59 Å². The fourth-order valence-electron chi connectivity index (χ4n) is 4.51. The highest BCUT2D eigenvalue weighted by Crippen LogP contribution is 2.44. The summed E-state index contributed by atoms with van der Waals surface area (Å²) >= 11 is 6.08. The molecule has 1 fully saturated rings. The van der Waals surface area contributed by atoms with Crippen LogP contribution in [0.25, 0.3) is 16.5 Å². The molecule has 1 aliphatic rings. The Balaban J connectivity index is 1.74. The van der Waals surface area contributed by atoms with Crippen LogP contribution in [0.2, 0.25) is 5.02 Å². The van der Waals surface area contributed by atoms with E-state index >= 15 is 0 Å². The summed E-state index contributed by atoms with van der Waals surface area (Å²) < 4.78 is 5.49. The van der Waals surface area contributed by atoms with E-state index in [4.69, 9.17) is 16.3 Å². The molecule has 4 aromatic rings. The molecule has 0 radical (unpaired) electrons. The zero-order chi connectivity index (χ0) is 24.5. The monoisotopic (exact) mass is 483 g/mol. The number of amides is 1. The molecule has 5 rings (SSSR count). The van der Waals surface area contributed by atoms with Gasteiger partial charge < -0.3 is 9.84 Å². The van der Waals surface area contributed by atoms with Crippen LogP contribution in [0.5, 0.6) is 5.75 Å². The first-order valence-electron chi connectivity index (χ1n) is 11.3. The smallest absolute Gasteiger partial charge is 0.300 e. The van der Waals surface area contributed by atoms with E-state index in [-0.39, 0.29) is 11.3 Å². The van der Waals surface area contributed by atoms with Crippen LogP contribution in [0.3, 0.4) is 0 Å². The van der Waals surface area contributed by atoms with Gasteiger partial charge in [0.25, 0.3) is 11.7 Å². The molecule has 1 saturated heterocycles. The van der Waals surface area contributed by atoms with E-state index < -0.39 is 17.7 Å². The van der Waals surface area contributed by atoms with E-state index in [2.05, 4.69) is 0 Å². The lowest BCUT2D eigenvalue weighted by Crippen LogP contribution is -2.29. The van der Waals surface area contributed by atoms with E-state index in [9.17, 15) is 14.7 Å². The number of ether oxygens (including phenoxy) is 1. The molecule has 1 atom stereocenters.